The Kier molecular flexibility index (Phi) is 5.31. The standard InChI is InChI=1S/C17H18N2O6S2/c20-19(21)14-6-4-10-17(12-14)27(24,25)18-11-5-7-15(18)13-26(22,23)16-8-2-1-3-9-16/h1-4,6,8-10,12,15H,5,7,11,13H2. The van der Waals surface area contributed by atoms with Crippen molar-refractivity contribution in [3.05, 3.63) is 64.7 Å². The van der Waals surface area contributed by atoms with Gasteiger partial charge in [-0.15, -0.1) is 0 Å². The fourth-order valence-corrected chi connectivity index (χ4v) is 6.61. The zero-order chi connectivity index (χ0) is 19.7. The van der Waals surface area contributed by atoms with Crippen molar-refractivity contribution in [2.45, 2.75) is 28.7 Å². The van der Waals surface area contributed by atoms with Crippen LogP contribution in [-0.2, 0) is 19.9 Å². The van der Waals surface area contributed by atoms with Gasteiger partial charge < -0.3 is 0 Å². The maximum Gasteiger partial charge on any atom is 0.270 e. The van der Waals surface area contributed by atoms with Gasteiger partial charge in [0.1, 0.15) is 0 Å². The number of nitrogens with zero attached hydrogens (tertiary/aromatic N) is 2. The molecule has 144 valence electrons. The molecular weight excluding hydrogens is 392 g/mol. The Morgan fingerprint density at radius 1 is 1.00 bits per heavy atom. The summed E-state index contributed by atoms with van der Waals surface area (Å²) >= 11 is 0. The molecule has 2 aromatic rings. The third-order valence-electron chi connectivity index (χ3n) is 4.47. The molecular formula is C17H18N2O6S2. The van der Waals surface area contributed by atoms with Crippen molar-refractivity contribution < 1.29 is 21.8 Å². The first-order valence-electron chi connectivity index (χ1n) is 8.26. The summed E-state index contributed by atoms with van der Waals surface area (Å²) in [7, 11) is -7.69. The highest BCUT2D eigenvalue weighted by Crippen LogP contribution is 2.29. The number of hydrogen-bond donors (Lipinski definition) is 0. The van der Waals surface area contributed by atoms with E-state index in [2.05, 4.69) is 0 Å². The number of hydrogen-bond acceptors (Lipinski definition) is 6. The van der Waals surface area contributed by atoms with Crippen LogP contribution in [-0.4, -0.2) is 44.4 Å². The Hall–Kier alpha value is -2.30. The number of sulfonamides is 1. The lowest BCUT2D eigenvalue weighted by Crippen LogP contribution is -2.39. The van der Waals surface area contributed by atoms with Gasteiger partial charge in [-0.05, 0) is 31.0 Å². The second-order valence-electron chi connectivity index (χ2n) is 6.26. The highest BCUT2D eigenvalue weighted by Gasteiger charge is 2.38. The van der Waals surface area contributed by atoms with Crippen molar-refractivity contribution in [2.24, 2.45) is 0 Å². The van der Waals surface area contributed by atoms with Crippen LogP contribution in [0, 0.1) is 10.1 Å². The minimum Gasteiger partial charge on any atom is -0.258 e. The molecule has 1 unspecified atom stereocenters. The lowest BCUT2D eigenvalue weighted by molar-refractivity contribution is -0.385. The quantitative estimate of drug-likeness (QED) is 0.533. The number of nitro groups is 1. The van der Waals surface area contributed by atoms with Gasteiger partial charge in [0.25, 0.3) is 5.69 Å². The summed E-state index contributed by atoms with van der Waals surface area (Å²) in [4.78, 5) is 10.2. The lowest BCUT2D eigenvalue weighted by Gasteiger charge is -2.24. The summed E-state index contributed by atoms with van der Waals surface area (Å²) < 4.78 is 52.3. The fourth-order valence-electron chi connectivity index (χ4n) is 3.16. The summed E-state index contributed by atoms with van der Waals surface area (Å²) in [5, 5.41) is 10.9. The molecule has 1 aliphatic heterocycles. The van der Waals surface area contributed by atoms with Gasteiger partial charge in [-0.3, -0.25) is 10.1 Å². The van der Waals surface area contributed by atoms with E-state index in [-0.39, 0.29) is 27.8 Å². The second-order valence-corrected chi connectivity index (χ2v) is 10.2. The van der Waals surface area contributed by atoms with Crippen molar-refractivity contribution in [2.75, 3.05) is 12.3 Å². The molecule has 8 nitrogen and oxygen atoms in total. The SMILES string of the molecule is O=[N+]([O-])c1cccc(S(=O)(=O)N2CCCC2CS(=O)(=O)c2ccccc2)c1. The van der Waals surface area contributed by atoms with Crippen LogP contribution in [0.15, 0.2) is 64.4 Å². The third-order valence-corrected chi connectivity index (χ3v) is 8.23. The molecule has 0 aromatic heterocycles. The monoisotopic (exact) mass is 410 g/mol. The van der Waals surface area contributed by atoms with Gasteiger partial charge in [0, 0.05) is 24.7 Å². The molecule has 2 aromatic carbocycles. The largest absolute Gasteiger partial charge is 0.270 e. The topological polar surface area (TPSA) is 115 Å². The van der Waals surface area contributed by atoms with Crippen LogP contribution in [0.25, 0.3) is 0 Å². The van der Waals surface area contributed by atoms with Crippen molar-refractivity contribution in [3.63, 3.8) is 0 Å². The maximum atomic E-state index is 13.0. The molecule has 10 heteroatoms. The van der Waals surface area contributed by atoms with Crippen molar-refractivity contribution >= 4 is 25.5 Å². The van der Waals surface area contributed by atoms with E-state index >= 15 is 0 Å². The van der Waals surface area contributed by atoms with E-state index in [0.717, 1.165) is 10.4 Å². The summed E-state index contributed by atoms with van der Waals surface area (Å²) in [6.45, 7) is 0.181. The van der Waals surface area contributed by atoms with Gasteiger partial charge in [0.15, 0.2) is 9.84 Å². The van der Waals surface area contributed by atoms with E-state index in [1.807, 2.05) is 0 Å². The van der Waals surface area contributed by atoms with E-state index in [1.165, 1.54) is 30.3 Å². The molecule has 1 fully saturated rings. The van der Waals surface area contributed by atoms with E-state index in [9.17, 15) is 26.9 Å². The normalized spacial score (nSPS) is 18.4. The predicted octanol–water partition coefficient (Wildman–Crippen LogP) is 2.22. The summed E-state index contributed by atoms with van der Waals surface area (Å²) in [6, 6.07) is 12.0. The molecule has 0 radical (unpaired) electrons. The van der Waals surface area contributed by atoms with E-state index in [4.69, 9.17) is 0 Å². The van der Waals surface area contributed by atoms with E-state index < -0.39 is 30.8 Å². The van der Waals surface area contributed by atoms with Crippen LogP contribution >= 0.6 is 0 Å². The Morgan fingerprint density at radius 3 is 2.33 bits per heavy atom. The Bertz CT molecular complexity index is 1050. The molecule has 0 amide bonds. The zero-order valence-electron chi connectivity index (χ0n) is 14.3. The van der Waals surface area contributed by atoms with Gasteiger partial charge in [0.2, 0.25) is 10.0 Å². The number of non-ortho nitro benzene ring substituents is 1. The van der Waals surface area contributed by atoms with Crippen molar-refractivity contribution in [1.82, 2.24) is 4.31 Å². The average molecular weight is 410 g/mol. The first kappa shape index (κ1) is 19.5. The minimum absolute atomic E-state index is 0.143. The predicted molar refractivity (Wildman–Crippen MR) is 98.5 cm³/mol. The zero-order valence-corrected chi connectivity index (χ0v) is 15.9. The molecule has 0 saturated carbocycles. The average Bonchev–Trinajstić information content (AvgIpc) is 3.11. The highest BCUT2D eigenvalue weighted by atomic mass is 32.2. The molecule has 0 spiro atoms. The van der Waals surface area contributed by atoms with E-state index in [1.54, 1.807) is 18.2 Å². The van der Waals surface area contributed by atoms with Crippen LogP contribution in [0.2, 0.25) is 0 Å². The molecule has 0 bridgehead atoms. The summed E-state index contributed by atoms with van der Waals surface area (Å²) in [6.07, 6.45) is 0.948. The molecule has 1 saturated heterocycles. The molecule has 1 heterocycles. The first-order chi connectivity index (χ1) is 12.7. The van der Waals surface area contributed by atoms with Crippen LogP contribution in [0.5, 0.6) is 0 Å². The number of nitro benzene ring substituents is 1. The molecule has 1 aliphatic rings. The van der Waals surface area contributed by atoms with Gasteiger partial charge in [0.05, 0.1) is 20.5 Å². The molecule has 0 N–H and O–H groups in total. The van der Waals surface area contributed by atoms with Crippen LogP contribution < -0.4 is 0 Å². The number of benzene rings is 2. The second kappa shape index (κ2) is 7.37. The lowest BCUT2D eigenvalue weighted by atomic mass is 10.3. The molecule has 1 atom stereocenters. The smallest absolute Gasteiger partial charge is 0.258 e. The van der Waals surface area contributed by atoms with E-state index in [0.29, 0.717) is 12.8 Å². The fraction of sp³-hybridized carbons (Fsp3) is 0.294. The molecule has 3 rings (SSSR count). The van der Waals surface area contributed by atoms with Crippen molar-refractivity contribution in [1.29, 1.82) is 0 Å². The van der Waals surface area contributed by atoms with Crippen molar-refractivity contribution in [3.8, 4) is 0 Å². The van der Waals surface area contributed by atoms with Crippen LogP contribution in [0.1, 0.15) is 12.8 Å². The number of sulfone groups is 1. The Labute approximate surface area is 157 Å². The van der Waals surface area contributed by atoms with Gasteiger partial charge in [-0.1, -0.05) is 24.3 Å². The summed E-state index contributed by atoms with van der Waals surface area (Å²) in [5.41, 5.74) is -0.330. The van der Waals surface area contributed by atoms with Crippen LogP contribution in [0.4, 0.5) is 5.69 Å². The van der Waals surface area contributed by atoms with Gasteiger partial charge in [-0.25, -0.2) is 16.8 Å². The minimum atomic E-state index is -4.03. The number of rotatable bonds is 6. The molecule has 0 aliphatic carbocycles. The van der Waals surface area contributed by atoms with Gasteiger partial charge >= 0.3 is 0 Å². The maximum absolute atomic E-state index is 13.0. The first-order valence-corrected chi connectivity index (χ1v) is 11.4. The Balaban J connectivity index is 1.90. The van der Waals surface area contributed by atoms with Gasteiger partial charge in [-0.2, -0.15) is 4.31 Å². The third kappa shape index (κ3) is 4.02. The van der Waals surface area contributed by atoms with Crippen LogP contribution in [0.3, 0.4) is 0 Å². The summed E-state index contributed by atoms with van der Waals surface area (Å²) in [5.74, 6) is -0.328. The Morgan fingerprint density at radius 2 is 1.67 bits per heavy atom. The molecule has 27 heavy (non-hydrogen) atoms. The highest BCUT2D eigenvalue weighted by molar-refractivity contribution is 7.91.